The summed E-state index contributed by atoms with van der Waals surface area (Å²) < 4.78 is 5.73. The van der Waals surface area contributed by atoms with Gasteiger partial charge in [0, 0.05) is 23.9 Å². The lowest BCUT2D eigenvalue weighted by Gasteiger charge is -2.11. The smallest absolute Gasteiger partial charge is 0.161 e. The van der Waals surface area contributed by atoms with Crippen molar-refractivity contribution in [2.75, 3.05) is 11.9 Å². The van der Waals surface area contributed by atoms with Gasteiger partial charge in [-0.25, -0.2) is 9.97 Å². The summed E-state index contributed by atoms with van der Waals surface area (Å²) in [6.45, 7) is 9.06. The normalized spacial score (nSPS) is 10.7. The van der Waals surface area contributed by atoms with E-state index >= 15 is 0 Å². The minimum atomic E-state index is 0.153. The molecule has 4 heteroatoms. The highest BCUT2D eigenvalue weighted by Gasteiger charge is 2.07. The molecule has 0 unspecified atom stereocenters. The van der Waals surface area contributed by atoms with Gasteiger partial charge in [-0.2, -0.15) is 0 Å². The zero-order valence-electron chi connectivity index (χ0n) is 13.2. The number of nitrogens with one attached hydrogen (secondary N) is 1. The first-order valence-electron chi connectivity index (χ1n) is 7.45. The van der Waals surface area contributed by atoms with E-state index in [1.807, 2.05) is 51.1 Å². The summed E-state index contributed by atoms with van der Waals surface area (Å²) in [5, 5.41) is 3.31. The van der Waals surface area contributed by atoms with E-state index in [0.717, 1.165) is 41.6 Å². The van der Waals surface area contributed by atoms with Gasteiger partial charge in [-0.1, -0.05) is 19.1 Å². The van der Waals surface area contributed by atoms with Crippen LogP contribution < -0.4 is 10.1 Å². The number of nitrogens with zero attached hydrogens (tertiary/aromatic N) is 2. The molecular formula is C17H23N3O. The van der Waals surface area contributed by atoms with Crippen LogP contribution in [0, 0.1) is 6.92 Å². The van der Waals surface area contributed by atoms with Gasteiger partial charge < -0.3 is 10.1 Å². The monoisotopic (exact) mass is 285 g/mol. The van der Waals surface area contributed by atoms with Crippen LogP contribution in [0.15, 0.2) is 30.3 Å². The zero-order valence-corrected chi connectivity index (χ0v) is 13.2. The first-order valence-corrected chi connectivity index (χ1v) is 7.45. The quantitative estimate of drug-likeness (QED) is 0.869. The van der Waals surface area contributed by atoms with Crippen molar-refractivity contribution in [3.63, 3.8) is 0 Å². The molecule has 0 saturated heterocycles. The molecule has 1 aromatic heterocycles. The maximum Gasteiger partial charge on any atom is 0.161 e. The Bertz CT molecular complexity index is 596. The first kappa shape index (κ1) is 15.3. The molecule has 0 aliphatic carbocycles. The summed E-state index contributed by atoms with van der Waals surface area (Å²) in [4.78, 5) is 9.11. The molecule has 1 heterocycles. The van der Waals surface area contributed by atoms with Crippen LogP contribution in [0.3, 0.4) is 0 Å². The SMILES string of the molecule is CCCNc1cc(C)nc(-c2cccc(OC(C)C)c2)n1. The summed E-state index contributed by atoms with van der Waals surface area (Å²) in [5.41, 5.74) is 1.92. The fourth-order valence-corrected chi connectivity index (χ4v) is 2.02. The van der Waals surface area contributed by atoms with Crippen molar-refractivity contribution in [3.8, 4) is 17.1 Å². The highest BCUT2D eigenvalue weighted by molar-refractivity contribution is 5.59. The van der Waals surface area contributed by atoms with Crippen LogP contribution in [0.1, 0.15) is 32.9 Å². The lowest BCUT2D eigenvalue weighted by Crippen LogP contribution is -2.06. The highest BCUT2D eigenvalue weighted by atomic mass is 16.5. The molecule has 0 amide bonds. The molecule has 4 nitrogen and oxygen atoms in total. The van der Waals surface area contributed by atoms with Gasteiger partial charge in [0.1, 0.15) is 11.6 Å². The predicted molar refractivity (Wildman–Crippen MR) is 86.7 cm³/mol. The van der Waals surface area contributed by atoms with Gasteiger partial charge in [0.2, 0.25) is 0 Å². The van der Waals surface area contributed by atoms with Gasteiger partial charge in [0.25, 0.3) is 0 Å². The summed E-state index contributed by atoms with van der Waals surface area (Å²) >= 11 is 0. The van der Waals surface area contributed by atoms with Gasteiger partial charge in [-0.15, -0.1) is 0 Å². The van der Waals surface area contributed by atoms with Crippen molar-refractivity contribution in [3.05, 3.63) is 36.0 Å². The number of anilines is 1. The van der Waals surface area contributed by atoms with Gasteiger partial charge >= 0.3 is 0 Å². The standard InChI is InChI=1S/C17H23N3O/c1-5-9-18-16-10-13(4)19-17(20-16)14-7-6-8-15(11-14)21-12(2)3/h6-8,10-12H,5,9H2,1-4H3,(H,18,19,20). The molecule has 1 N–H and O–H groups in total. The summed E-state index contributed by atoms with van der Waals surface area (Å²) in [7, 11) is 0. The lowest BCUT2D eigenvalue weighted by molar-refractivity contribution is 0.242. The second-order valence-electron chi connectivity index (χ2n) is 5.34. The van der Waals surface area contributed by atoms with Crippen LogP contribution in [-0.2, 0) is 0 Å². The molecular weight excluding hydrogens is 262 g/mol. The van der Waals surface area contributed by atoms with E-state index in [0.29, 0.717) is 0 Å². The molecule has 0 saturated carbocycles. The lowest BCUT2D eigenvalue weighted by atomic mass is 10.2. The molecule has 2 aromatic rings. The first-order chi connectivity index (χ1) is 10.1. The van der Waals surface area contributed by atoms with Crippen LogP contribution in [0.25, 0.3) is 11.4 Å². The minimum absolute atomic E-state index is 0.153. The van der Waals surface area contributed by atoms with E-state index in [1.54, 1.807) is 0 Å². The summed E-state index contributed by atoms with van der Waals surface area (Å²) in [5.74, 6) is 2.44. The number of hydrogen-bond donors (Lipinski definition) is 1. The van der Waals surface area contributed by atoms with Gasteiger partial charge in [-0.3, -0.25) is 0 Å². The second kappa shape index (κ2) is 7.07. The Kier molecular flexibility index (Phi) is 5.14. The van der Waals surface area contributed by atoms with Crippen LogP contribution >= 0.6 is 0 Å². The largest absolute Gasteiger partial charge is 0.491 e. The number of aryl methyl sites for hydroxylation is 1. The van der Waals surface area contributed by atoms with E-state index in [9.17, 15) is 0 Å². The molecule has 0 aliphatic heterocycles. The molecule has 0 aliphatic rings. The van der Waals surface area contributed by atoms with E-state index < -0.39 is 0 Å². The number of aromatic nitrogens is 2. The molecule has 1 aromatic carbocycles. The molecule has 21 heavy (non-hydrogen) atoms. The Labute approximate surface area is 126 Å². The second-order valence-corrected chi connectivity index (χ2v) is 5.34. The minimum Gasteiger partial charge on any atom is -0.491 e. The van der Waals surface area contributed by atoms with Crippen molar-refractivity contribution in [2.24, 2.45) is 0 Å². The number of hydrogen-bond acceptors (Lipinski definition) is 4. The molecule has 112 valence electrons. The zero-order chi connectivity index (χ0) is 15.2. The van der Waals surface area contributed by atoms with Gasteiger partial charge in [0.15, 0.2) is 5.82 Å². The maximum atomic E-state index is 5.73. The fourth-order valence-electron chi connectivity index (χ4n) is 2.02. The van der Waals surface area contributed by atoms with E-state index in [4.69, 9.17) is 4.74 Å². The van der Waals surface area contributed by atoms with Crippen molar-refractivity contribution in [2.45, 2.75) is 40.2 Å². The third kappa shape index (κ3) is 4.45. The average molecular weight is 285 g/mol. The van der Waals surface area contributed by atoms with Crippen LogP contribution in [0.5, 0.6) is 5.75 Å². The third-order valence-corrected chi connectivity index (χ3v) is 2.87. The summed E-state index contributed by atoms with van der Waals surface area (Å²) in [6.07, 6.45) is 1.22. The van der Waals surface area contributed by atoms with Crippen LogP contribution in [0.4, 0.5) is 5.82 Å². The fraction of sp³-hybridized carbons (Fsp3) is 0.412. The molecule has 0 radical (unpaired) electrons. The van der Waals surface area contributed by atoms with Crippen molar-refractivity contribution in [1.29, 1.82) is 0 Å². The number of ether oxygens (including phenoxy) is 1. The van der Waals surface area contributed by atoms with Crippen molar-refractivity contribution in [1.82, 2.24) is 9.97 Å². The maximum absolute atomic E-state index is 5.73. The Morgan fingerprint density at radius 3 is 2.71 bits per heavy atom. The van der Waals surface area contributed by atoms with Gasteiger partial charge in [-0.05, 0) is 39.3 Å². The third-order valence-electron chi connectivity index (χ3n) is 2.87. The average Bonchev–Trinajstić information content (AvgIpc) is 2.44. The Morgan fingerprint density at radius 2 is 2.00 bits per heavy atom. The topological polar surface area (TPSA) is 47.0 Å². The highest BCUT2D eigenvalue weighted by Crippen LogP contribution is 2.23. The van der Waals surface area contributed by atoms with Crippen LogP contribution in [0.2, 0.25) is 0 Å². The van der Waals surface area contributed by atoms with Crippen LogP contribution in [-0.4, -0.2) is 22.6 Å². The Hall–Kier alpha value is -2.10. The van der Waals surface area contributed by atoms with Crippen molar-refractivity contribution >= 4 is 5.82 Å². The molecule has 0 atom stereocenters. The summed E-state index contributed by atoms with van der Waals surface area (Å²) in [6, 6.07) is 9.88. The number of benzene rings is 1. The van der Waals surface area contributed by atoms with E-state index in [1.165, 1.54) is 0 Å². The molecule has 0 fully saturated rings. The Balaban J connectivity index is 2.30. The van der Waals surface area contributed by atoms with E-state index in [-0.39, 0.29) is 6.10 Å². The number of rotatable bonds is 6. The van der Waals surface area contributed by atoms with E-state index in [2.05, 4.69) is 22.2 Å². The Morgan fingerprint density at radius 1 is 1.19 bits per heavy atom. The molecule has 2 rings (SSSR count). The molecule has 0 bridgehead atoms. The molecule has 0 spiro atoms. The predicted octanol–water partition coefficient (Wildman–Crippen LogP) is 4.06. The van der Waals surface area contributed by atoms with Crippen molar-refractivity contribution < 1.29 is 4.74 Å². The van der Waals surface area contributed by atoms with Gasteiger partial charge in [0.05, 0.1) is 6.10 Å².